The molecule has 0 aliphatic rings. The molecule has 0 aliphatic carbocycles. The quantitative estimate of drug-likeness (QED) is 0.764. The number of imidazole rings is 1. The number of hydrogen-bond donors (Lipinski definition) is 2. The third kappa shape index (κ3) is 2.50. The molecule has 0 saturated carbocycles. The summed E-state index contributed by atoms with van der Waals surface area (Å²) in [7, 11) is 0. The van der Waals surface area contributed by atoms with Gasteiger partial charge in [0.1, 0.15) is 0 Å². The highest BCUT2D eigenvalue weighted by atomic mass is 32.1. The van der Waals surface area contributed by atoms with Crippen LogP contribution in [0.5, 0.6) is 0 Å². The largest absolute Gasteiger partial charge is 0.341 e. The minimum absolute atomic E-state index is 0.265. The summed E-state index contributed by atoms with van der Waals surface area (Å²) in [5.74, 6) is -0.0405. The highest BCUT2D eigenvalue weighted by molar-refractivity contribution is 7.14. The SMILES string of the molecule is O=C(Nc1nc(-c2ccncc2)cs1)c1ncc[nH]1. The van der Waals surface area contributed by atoms with Crippen molar-refractivity contribution in [2.45, 2.75) is 0 Å². The lowest BCUT2D eigenvalue weighted by atomic mass is 10.2. The van der Waals surface area contributed by atoms with Crippen molar-refractivity contribution >= 4 is 22.4 Å². The van der Waals surface area contributed by atoms with Crippen molar-refractivity contribution in [2.75, 3.05) is 5.32 Å². The summed E-state index contributed by atoms with van der Waals surface area (Å²) in [6.07, 6.45) is 6.53. The first-order chi connectivity index (χ1) is 9.33. The van der Waals surface area contributed by atoms with Gasteiger partial charge in [0.15, 0.2) is 11.0 Å². The number of nitrogens with one attached hydrogen (secondary N) is 2. The Morgan fingerprint density at radius 3 is 2.84 bits per heavy atom. The van der Waals surface area contributed by atoms with Gasteiger partial charge in [-0.05, 0) is 12.1 Å². The molecule has 3 rings (SSSR count). The Bertz CT molecular complexity index is 677. The van der Waals surface area contributed by atoms with Crippen molar-refractivity contribution in [2.24, 2.45) is 0 Å². The maximum absolute atomic E-state index is 11.8. The second kappa shape index (κ2) is 4.99. The van der Waals surface area contributed by atoms with Crippen LogP contribution >= 0.6 is 11.3 Å². The second-order valence-electron chi connectivity index (χ2n) is 3.67. The molecule has 3 aromatic rings. The molecular formula is C12H9N5OS. The average molecular weight is 271 g/mol. The van der Waals surface area contributed by atoms with E-state index in [0.717, 1.165) is 11.3 Å². The van der Waals surface area contributed by atoms with Crippen molar-refractivity contribution < 1.29 is 4.79 Å². The number of anilines is 1. The predicted octanol–water partition coefficient (Wildman–Crippen LogP) is 2.18. The van der Waals surface area contributed by atoms with Crippen LogP contribution in [0.4, 0.5) is 5.13 Å². The van der Waals surface area contributed by atoms with Crippen LogP contribution in [-0.4, -0.2) is 25.8 Å². The molecule has 0 bridgehead atoms. The molecule has 0 aliphatic heterocycles. The van der Waals surface area contributed by atoms with Crippen LogP contribution in [0.1, 0.15) is 10.6 Å². The Labute approximate surface area is 112 Å². The smallest absolute Gasteiger partial charge is 0.293 e. The van der Waals surface area contributed by atoms with Gasteiger partial charge in [-0.2, -0.15) is 0 Å². The summed E-state index contributed by atoms with van der Waals surface area (Å²) in [6, 6.07) is 3.74. The molecule has 0 spiro atoms. The highest BCUT2D eigenvalue weighted by Crippen LogP contribution is 2.24. The molecule has 2 N–H and O–H groups in total. The molecule has 0 fully saturated rings. The van der Waals surface area contributed by atoms with Gasteiger partial charge >= 0.3 is 0 Å². The van der Waals surface area contributed by atoms with Crippen LogP contribution in [0, 0.1) is 0 Å². The number of nitrogens with zero attached hydrogens (tertiary/aromatic N) is 3. The van der Waals surface area contributed by atoms with E-state index in [4.69, 9.17) is 0 Å². The zero-order valence-electron chi connectivity index (χ0n) is 9.70. The number of carbonyl (C=O) groups is 1. The minimum Gasteiger partial charge on any atom is -0.341 e. The minimum atomic E-state index is -0.305. The Morgan fingerprint density at radius 2 is 2.11 bits per heavy atom. The summed E-state index contributed by atoms with van der Waals surface area (Å²) >= 11 is 1.36. The summed E-state index contributed by atoms with van der Waals surface area (Å²) in [5, 5.41) is 5.11. The lowest BCUT2D eigenvalue weighted by Crippen LogP contribution is -2.13. The van der Waals surface area contributed by atoms with Gasteiger partial charge in [0.2, 0.25) is 0 Å². The van der Waals surface area contributed by atoms with Crippen molar-refractivity contribution in [3.63, 3.8) is 0 Å². The fraction of sp³-hybridized carbons (Fsp3) is 0. The lowest BCUT2D eigenvalue weighted by Gasteiger charge is -1.97. The molecule has 3 aromatic heterocycles. The summed E-state index contributed by atoms with van der Waals surface area (Å²) < 4.78 is 0. The van der Waals surface area contributed by atoms with E-state index in [9.17, 15) is 4.79 Å². The summed E-state index contributed by atoms with van der Waals surface area (Å²) in [5.41, 5.74) is 1.77. The Hall–Kier alpha value is -2.54. The molecule has 3 heterocycles. The molecule has 6 nitrogen and oxygen atoms in total. The van der Waals surface area contributed by atoms with E-state index in [2.05, 4.69) is 25.3 Å². The van der Waals surface area contributed by atoms with E-state index < -0.39 is 0 Å². The molecule has 0 unspecified atom stereocenters. The fourth-order valence-electron chi connectivity index (χ4n) is 1.53. The maximum atomic E-state index is 11.8. The molecule has 0 saturated heterocycles. The van der Waals surface area contributed by atoms with Gasteiger partial charge in [-0.15, -0.1) is 11.3 Å². The summed E-state index contributed by atoms with van der Waals surface area (Å²) in [6.45, 7) is 0. The van der Waals surface area contributed by atoms with Crippen LogP contribution in [0.15, 0.2) is 42.3 Å². The van der Waals surface area contributed by atoms with E-state index >= 15 is 0 Å². The van der Waals surface area contributed by atoms with Gasteiger partial charge in [0.25, 0.3) is 5.91 Å². The van der Waals surface area contributed by atoms with Crippen molar-refractivity contribution in [3.8, 4) is 11.3 Å². The molecule has 19 heavy (non-hydrogen) atoms. The van der Waals surface area contributed by atoms with E-state index in [1.54, 1.807) is 18.6 Å². The predicted molar refractivity (Wildman–Crippen MR) is 71.9 cm³/mol. The number of thiazole rings is 1. The van der Waals surface area contributed by atoms with E-state index in [0.29, 0.717) is 5.13 Å². The van der Waals surface area contributed by atoms with Crippen molar-refractivity contribution in [3.05, 3.63) is 48.1 Å². The van der Waals surface area contributed by atoms with E-state index in [1.165, 1.54) is 17.5 Å². The molecule has 0 atom stereocenters. The molecule has 1 amide bonds. The first kappa shape index (κ1) is 11.5. The number of rotatable bonds is 3. The standard InChI is InChI=1S/C12H9N5OS/c18-11(10-14-5-6-15-10)17-12-16-9(7-19-12)8-1-3-13-4-2-8/h1-7H,(H,14,15)(H,16,17,18). The Balaban J connectivity index is 1.77. The second-order valence-corrected chi connectivity index (χ2v) is 4.52. The normalized spacial score (nSPS) is 10.3. The van der Waals surface area contributed by atoms with Gasteiger partial charge < -0.3 is 4.98 Å². The van der Waals surface area contributed by atoms with Gasteiger partial charge in [0.05, 0.1) is 5.69 Å². The topological polar surface area (TPSA) is 83.6 Å². The Kier molecular flexibility index (Phi) is 3.03. The van der Waals surface area contributed by atoms with Crippen LogP contribution in [0.25, 0.3) is 11.3 Å². The van der Waals surface area contributed by atoms with E-state index in [1.807, 2.05) is 17.5 Å². The molecular weight excluding hydrogens is 262 g/mol. The van der Waals surface area contributed by atoms with Gasteiger partial charge in [-0.3, -0.25) is 15.1 Å². The van der Waals surface area contributed by atoms with Crippen molar-refractivity contribution in [1.29, 1.82) is 0 Å². The number of pyridine rings is 1. The van der Waals surface area contributed by atoms with Crippen LogP contribution in [0.2, 0.25) is 0 Å². The Morgan fingerprint density at radius 1 is 1.26 bits per heavy atom. The summed E-state index contributed by atoms with van der Waals surface area (Å²) in [4.78, 5) is 26.7. The van der Waals surface area contributed by atoms with Gasteiger partial charge in [-0.1, -0.05) is 0 Å². The van der Waals surface area contributed by atoms with Crippen LogP contribution in [-0.2, 0) is 0 Å². The lowest BCUT2D eigenvalue weighted by molar-refractivity contribution is 0.101. The van der Waals surface area contributed by atoms with Crippen LogP contribution in [0.3, 0.4) is 0 Å². The molecule has 94 valence electrons. The number of aromatic amines is 1. The third-order valence-corrected chi connectivity index (χ3v) is 3.17. The fourth-order valence-corrected chi connectivity index (χ4v) is 2.25. The molecule has 0 radical (unpaired) electrons. The maximum Gasteiger partial charge on any atom is 0.293 e. The molecule has 7 heteroatoms. The van der Waals surface area contributed by atoms with Gasteiger partial charge in [0, 0.05) is 35.7 Å². The number of H-pyrrole nitrogens is 1. The number of amides is 1. The monoisotopic (exact) mass is 271 g/mol. The van der Waals surface area contributed by atoms with Crippen molar-refractivity contribution in [1.82, 2.24) is 19.9 Å². The van der Waals surface area contributed by atoms with Gasteiger partial charge in [-0.25, -0.2) is 9.97 Å². The number of carbonyl (C=O) groups excluding carboxylic acids is 1. The highest BCUT2D eigenvalue weighted by Gasteiger charge is 2.11. The molecule has 0 aromatic carbocycles. The zero-order valence-corrected chi connectivity index (χ0v) is 10.5. The third-order valence-electron chi connectivity index (χ3n) is 2.41. The first-order valence-corrected chi connectivity index (χ1v) is 6.37. The zero-order chi connectivity index (χ0) is 13.1. The number of hydrogen-bond acceptors (Lipinski definition) is 5. The number of aromatic nitrogens is 4. The van der Waals surface area contributed by atoms with Crippen LogP contribution < -0.4 is 5.32 Å². The first-order valence-electron chi connectivity index (χ1n) is 5.49. The average Bonchev–Trinajstić information content (AvgIpc) is 3.11. The van der Waals surface area contributed by atoms with E-state index in [-0.39, 0.29) is 11.7 Å².